The Morgan fingerprint density at radius 2 is 2.00 bits per heavy atom. The lowest BCUT2D eigenvalue weighted by Crippen LogP contribution is -2.44. The van der Waals surface area contributed by atoms with Gasteiger partial charge in [0.05, 0.1) is 6.10 Å². The van der Waals surface area contributed by atoms with Gasteiger partial charge in [0.2, 0.25) is 0 Å². The number of hydrogen-bond acceptors (Lipinski definition) is 3. The number of anilines is 1. The Bertz CT molecular complexity index is 498. The number of nitrogens with one attached hydrogen (secondary N) is 1. The summed E-state index contributed by atoms with van der Waals surface area (Å²) in [5.41, 5.74) is 5.25. The highest BCUT2D eigenvalue weighted by Gasteiger charge is 2.29. The van der Waals surface area contributed by atoms with Crippen molar-refractivity contribution in [3.63, 3.8) is 0 Å². The molecule has 1 fully saturated rings. The van der Waals surface area contributed by atoms with Crippen molar-refractivity contribution < 1.29 is 13.5 Å². The highest BCUT2D eigenvalue weighted by molar-refractivity contribution is 5.95. The van der Waals surface area contributed by atoms with Crippen molar-refractivity contribution in [1.29, 1.82) is 5.41 Å². The molecule has 0 bridgehead atoms. The minimum atomic E-state index is -0.695. The number of benzene rings is 1. The van der Waals surface area contributed by atoms with E-state index in [1.54, 1.807) is 12.0 Å². The van der Waals surface area contributed by atoms with Gasteiger partial charge < -0.3 is 15.4 Å². The van der Waals surface area contributed by atoms with Crippen LogP contribution in [0.3, 0.4) is 0 Å². The molecule has 110 valence electrons. The van der Waals surface area contributed by atoms with Crippen LogP contribution in [0, 0.1) is 23.0 Å². The Balaban J connectivity index is 2.31. The molecule has 2 unspecified atom stereocenters. The van der Waals surface area contributed by atoms with Crippen molar-refractivity contribution in [3.8, 4) is 0 Å². The van der Waals surface area contributed by atoms with Crippen LogP contribution in [-0.2, 0) is 4.74 Å². The van der Waals surface area contributed by atoms with Crippen molar-refractivity contribution in [2.45, 2.75) is 19.4 Å². The summed E-state index contributed by atoms with van der Waals surface area (Å²) >= 11 is 0. The van der Waals surface area contributed by atoms with Gasteiger partial charge in [-0.15, -0.1) is 0 Å². The van der Waals surface area contributed by atoms with Crippen molar-refractivity contribution in [1.82, 2.24) is 0 Å². The molecule has 20 heavy (non-hydrogen) atoms. The Morgan fingerprint density at radius 1 is 1.40 bits per heavy atom. The summed E-state index contributed by atoms with van der Waals surface area (Å²) in [5, 5.41) is 7.24. The molecule has 0 amide bonds. The number of amidine groups is 1. The summed E-state index contributed by atoms with van der Waals surface area (Å²) in [7, 11) is 1.61. The van der Waals surface area contributed by atoms with Crippen LogP contribution < -0.4 is 10.6 Å². The van der Waals surface area contributed by atoms with E-state index in [1.807, 2.05) is 0 Å². The number of nitrogens with zero attached hydrogens (tertiary/aromatic N) is 1. The summed E-state index contributed by atoms with van der Waals surface area (Å²) < 4.78 is 33.6. The highest BCUT2D eigenvalue weighted by Crippen LogP contribution is 2.30. The quantitative estimate of drug-likeness (QED) is 0.659. The van der Waals surface area contributed by atoms with Gasteiger partial charge in [0.1, 0.15) is 23.2 Å². The zero-order chi connectivity index (χ0) is 14.9. The zero-order valence-electron chi connectivity index (χ0n) is 11.6. The molecular weight excluding hydrogens is 264 g/mol. The van der Waals surface area contributed by atoms with Crippen molar-refractivity contribution >= 4 is 11.5 Å². The number of nitrogens with two attached hydrogens (primary N) is 1. The molecule has 1 aromatic rings. The van der Waals surface area contributed by atoms with Gasteiger partial charge >= 0.3 is 0 Å². The molecule has 4 nitrogen and oxygen atoms in total. The third kappa shape index (κ3) is 2.75. The van der Waals surface area contributed by atoms with E-state index in [1.165, 1.54) is 0 Å². The van der Waals surface area contributed by atoms with Crippen molar-refractivity contribution in [3.05, 3.63) is 29.3 Å². The van der Waals surface area contributed by atoms with Gasteiger partial charge in [0.15, 0.2) is 0 Å². The Morgan fingerprint density at radius 3 is 2.50 bits per heavy atom. The number of rotatable bonds is 3. The maximum Gasteiger partial charge on any atom is 0.150 e. The SMILES string of the molecule is COC1CN(c2c(F)cc(C(=N)N)cc2F)CCC1C. The molecular formula is C14H19F2N3O. The first-order chi connectivity index (χ1) is 9.43. The first kappa shape index (κ1) is 14.7. The molecule has 0 aliphatic carbocycles. The van der Waals surface area contributed by atoms with E-state index >= 15 is 0 Å². The molecule has 0 spiro atoms. The van der Waals surface area contributed by atoms with E-state index in [9.17, 15) is 8.78 Å². The number of halogens is 2. The van der Waals surface area contributed by atoms with Gasteiger partial charge in [0.25, 0.3) is 0 Å². The number of hydrogen-bond donors (Lipinski definition) is 2. The molecule has 1 aromatic carbocycles. The van der Waals surface area contributed by atoms with Gasteiger partial charge in [-0.2, -0.15) is 0 Å². The predicted molar refractivity (Wildman–Crippen MR) is 74.2 cm³/mol. The Labute approximate surface area is 117 Å². The van der Waals surface area contributed by atoms with E-state index in [0.29, 0.717) is 19.0 Å². The minimum Gasteiger partial charge on any atom is -0.384 e. The number of piperidine rings is 1. The summed E-state index contributed by atoms with van der Waals surface area (Å²) in [5.74, 6) is -1.38. The highest BCUT2D eigenvalue weighted by atomic mass is 19.1. The van der Waals surface area contributed by atoms with Gasteiger partial charge in [-0.1, -0.05) is 6.92 Å². The fourth-order valence-electron chi connectivity index (χ4n) is 2.57. The Hall–Kier alpha value is -1.69. The molecule has 0 saturated carbocycles. The standard InChI is InChI=1S/C14H19F2N3O/c1-8-3-4-19(7-12(8)20-2)13-10(15)5-9(14(17)18)6-11(13)16/h5-6,8,12H,3-4,7H2,1-2H3,(H3,17,18). The fraction of sp³-hybridized carbons (Fsp3) is 0.500. The van der Waals surface area contributed by atoms with Gasteiger partial charge in [-0.05, 0) is 24.5 Å². The van der Waals surface area contributed by atoms with Crippen LogP contribution in [-0.4, -0.2) is 32.1 Å². The van der Waals surface area contributed by atoms with Crippen LogP contribution in [0.15, 0.2) is 12.1 Å². The van der Waals surface area contributed by atoms with E-state index < -0.39 is 11.6 Å². The average Bonchev–Trinajstić information content (AvgIpc) is 2.39. The fourth-order valence-corrected chi connectivity index (χ4v) is 2.57. The normalized spacial score (nSPS) is 22.9. The molecule has 1 aliphatic heterocycles. The topological polar surface area (TPSA) is 62.3 Å². The van der Waals surface area contributed by atoms with Crippen LogP contribution in [0.1, 0.15) is 18.9 Å². The second kappa shape index (κ2) is 5.75. The molecule has 1 aliphatic rings. The van der Waals surface area contributed by atoms with Crippen LogP contribution >= 0.6 is 0 Å². The molecule has 1 heterocycles. The smallest absolute Gasteiger partial charge is 0.150 e. The van der Waals surface area contributed by atoms with Crippen LogP contribution in [0.4, 0.5) is 14.5 Å². The monoisotopic (exact) mass is 283 g/mol. The third-order valence-electron chi connectivity index (χ3n) is 3.84. The van der Waals surface area contributed by atoms with Crippen molar-refractivity contribution in [2.75, 3.05) is 25.1 Å². The minimum absolute atomic E-state index is 0.0463. The van der Waals surface area contributed by atoms with Gasteiger partial charge in [0, 0.05) is 25.8 Å². The summed E-state index contributed by atoms with van der Waals surface area (Å²) in [4.78, 5) is 1.66. The van der Waals surface area contributed by atoms with Crippen LogP contribution in [0.2, 0.25) is 0 Å². The maximum absolute atomic E-state index is 14.1. The second-order valence-corrected chi connectivity index (χ2v) is 5.19. The number of methoxy groups -OCH3 is 1. The molecule has 2 atom stereocenters. The molecule has 3 N–H and O–H groups in total. The average molecular weight is 283 g/mol. The molecule has 2 rings (SSSR count). The van der Waals surface area contributed by atoms with Crippen LogP contribution in [0.25, 0.3) is 0 Å². The maximum atomic E-state index is 14.1. The van der Waals surface area contributed by atoms with E-state index in [4.69, 9.17) is 15.9 Å². The van der Waals surface area contributed by atoms with Crippen LogP contribution in [0.5, 0.6) is 0 Å². The number of nitrogen functional groups attached to an aromatic ring is 1. The summed E-state index contributed by atoms with van der Waals surface area (Å²) in [6, 6.07) is 2.20. The van der Waals surface area contributed by atoms with Gasteiger partial charge in [-0.25, -0.2) is 8.78 Å². The zero-order valence-corrected chi connectivity index (χ0v) is 11.6. The number of ether oxygens (including phenoxy) is 1. The summed E-state index contributed by atoms with van der Waals surface area (Å²) in [6.07, 6.45) is 0.765. The lowest BCUT2D eigenvalue weighted by atomic mass is 9.95. The van der Waals surface area contributed by atoms with Crippen molar-refractivity contribution in [2.24, 2.45) is 11.7 Å². The predicted octanol–water partition coefficient (Wildman–Crippen LogP) is 2.11. The Kier molecular flexibility index (Phi) is 4.23. The molecule has 6 heteroatoms. The first-order valence-electron chi connectivity index (χ1n) is 6.55. The van der Waals surface area contributed by atoms with E-state index in [2.05, 4.69) is 6.92 Å². The third-order valence-corrected chi connectivity index (χ3v) is 3.84. The van der Waals surface area contributed by atoms with E-state index in [0.717, 1.165) is 18.6 Å². The second-order valence-electron chi connectivity index (χ2n) is 5.19. The lowest BCUT2D eigenvalue weighted by molar-refractivity contribution is 0.0495. The van der Waals surface area contributed by atoms with Gasteiger partial charge in [-0.3, -0.25) is 5.41 Å². The lowest BCUT2D eigenvalue weighted by Gasteiger charge is -2.37. The molecule has 1 saturated heterocycles. The van der Waals surface area contributed by atoms with E-state index in [-0.39, 0.29) is 23.2 Å². The summed E-state index contributed by atoms with van der Waals surface area (Å²) in [6.45, 7) is 3.09. The molecule has 0 aromatic heterocycles. The first-order valence-corrected chi connectivity index (χ1v) is 6.55. The molecule has 0 radical (unpaired) electrons. The largest absolute Gasteiger partial charge is 0.384 e.